The van der Waals surface area contributed by atoms with Crippen LogP contribution >= 0.6 is 0 Å². The summed E-state index contributed by atoms with van der Waals surface area (Å²) < 4.78 is 6.06. The van der Waals surface area contributed by atoms with Crippen LogP contribution < -0.4 is 0 Å². The Bertz CT molecular complexity index is 330. The van der Waals surface area contributed by atoms with Crippen LogP contribution in [0, 0.1) is 5.92 Å². The molecular formula is C14H19NO. The van der Waals surface area contributed by atoms with Gasteiger partial charge >= 0.3 is 0 Å². The molecule has 0 amide bonds. The largest absolute Gasteiger partial charge is 0.372 e. The molecule has 0 aromatic heterocycles. The standard InChI is InChI=1S/C14H19NO/c1-2-4-12(5-3-1)11-16-14-10-15-8-6-13(14)7-9-15/h1-5,13-14H,6-11H2/t14-/m1/s1. The molecule has 3 heterocycles. The SMILES string of the molecule is c1ccc(CO[C@@H]2CN3CCC2CC3)cc1. The molecule has 2 heteroatoms. The summed E-state index contributed by atoms with van der Waals surface area (Å²) in [5.74, 6) is 0.814. The molecule has 0 saturated carbocycles. The number of benzene rings is 1. The third-order valence-corrected chi connectivity index (χ3v) is 3.90. The van der Waals surface area contributed by atoms with E-state index < -0.39 is 0 Å². The fraction of sp³-hybridized carbons (Fsp3) is 0.571. The average Bonchev–Trinajstić information content (AvgIpc) is 2.39. The Labute approximate surface area is 97.2 Å². The molecule has 3 saturated heterocycles. The van der Waals surface area contributed by atoms with E-state index in [-0.39, 0.29) is 0 Å². The zero-order valence-corrected chi connectivity index (χ0v) is 9.64. The number of ether oxygens (including phenoxy) is 1. The highest BCUT2D eigenvalue weighted by molar-refractivity contribution is 5.13. The van der Waals surface area contributed by atoms with E-state index >= 15 is 0 Å². The van der Waals surface area contributed by atoms with Crippen molar-refractivity contribution in [2.24, 2.45) is 5.92 Å². The Morgan fingerprint density at radius 2 is 1.88 bits per heavy atom. The van der Waals surface area contributed by atoms with Crippen molar-refractivity contribution in [3.8, 4) is 0 Å². The topological polar surface area (TPSA) is 12.5 Å². The van der Waals surface area contributed by atoms with Crippen LogP contribution in [0.4, 0.5) is 0 Å². The van der Waals surface area contributed by atoms with Gasteiger partial charge in [0.1, 0.15) is 0 Å². The van der Waals surface area contributed by atoms with Gasteiger partial charge in [-0.2, -0.15) is 0 Å². The monoisotopic (exact) mass is 217 g/mol. The summed E-state index contributed by atoms with van der Waals surface area (Å²) in [6.07, 6.45) is 3.14. The maximum absolute atomic E-state index is 6.06. The highest BCUT2D eigenvalue weighted by Crippen LogP contribution is 2.29. The Morgan fingerprint density at radius 3 is 2.50 bits per heavy atom. The third kappa shape index (κ3) is 2.13. The Morgan fingerprint density at radius 1 is 1.12 bits per heavy atom. The van der Waals surface area contributed by atoms with Gasteiger partial charge in [0.15, 0.2) is 0 Å². The van der Waals surface area contributed by atoms with E-state index in [1.54, 1.807) is 0 Å². The van der Waals surface area contributed by atoms with Crippen molar-refractivity contribution in [2.45, 2.75) is 25.6 Å². The number of piperidine rings is 3. The lowest BCUT2D eigenvalue weighted by Gasteiger charge is -2.44. The minimum absolute atomic E-state index is 0.475. The third-order valence-electron chi connectivity index (χ3n) is 3.90. The van der Waals surface area contributed by atoms with Crippen LogP contribution in [-0.4, -0.2) is 30.6 Å². The lowest BCUT2D eigenvalue weighted by Crippen LogP contribution is -2.51. The van der Waals surface area contributed by atoms with Crippen LogP contribution in [0.15, 0.2) is 30.3 Å². The van der Waals surface area contributed by atoms with Gasteiger partial charge in [0.25, 0.3) is 0 Å². The highest BCUT2D eigenvalue weighted by Gasteiger charge is 2.34. The van der Waals surface area contributed by atoms with Gasteiger partial charge in [-0.3, -0.25) is 0 Å². The predicted molar refractivity (Wildman–Crippen MR) is 64.2 cm³/mol. The first-order valence-corrected chi connectivity index (χ1v) is 6.30. The van der Waals surface area contributed by atoms with Crippen molar-refractivity contribution in [2.75, 3.05) is 19.6 Å². The molecular weight excluding hydrogens is 198 g/mol. The zero-order chi connectivity index (χ0) is 10.8. The smallest absolute Gasteiger partial charge is 0.0735 e. The molecule has 3 aliphatic rings. The van der Waals surface area contributed by atoms with Gasteiger partial charge in [-0.1, -0.05) is 30.3 Å². The molecule has 0 unspecified atom stereocenters. The number of nitrogens with zero attached hydrogens (tertiary/aromatic N) is 1. The Balaban J connectivity index is 1.56. The van der Waals surface area contributed by atoms with Crippen molar-refractivity contribution in [3.05, 3.63) is 35.9 Å². The summed E-state index contributed by atoms with van der Waals surface area (Å²) in [6, 6.07) is 10.5. The van der Waals surface area contributed by atoms with E-state index in [4.69, 9.17) is 4.74 Å². The Kier molecular flexibility index (Phi) is 2.94. The van der Waals surface area contributed by atoms with Crippen LogP contribution in [0.3, 0.4) is 0 Å². The molecule has 3 fully saturated rings. The first-order chi connectivity index (χ1) is 7.92. The second kappa shape index (κ2) is 4.56. The molecule has 3 aliphatic heterocycles. The minimum atomic E-state index is 0.475. The first-order valence-electron chi connectivity index (χ1n) is 6.30. The summed E-state index contributed by atoms with van der Waals surface area (Å²) in [7, 11) is 0. The second-order valence-corrected chi connectivity index (χ2v) is 4.97. The fourth-order valence-corrected chi connectivity index (χ4v) is 2.88. The first kappa shape index (κ1) is 10.3. The van der Waals surface area contributed by atoms with Crippen molar-refractivity contribution < 1.29 is 4.74 Å². The van der Waals surface area contributed by atoms with E-state index in [0.717, 1.165) is 19.1 Å². The van der Waals surface area contributed by atoms with Gasteiger partial charge in [0, 0.05) is 6.54 Å². The normalized spacial score (nSPS) is 32.9. The lowest BCUT2D eigenvalue weighted by molar-refractivity contribution is -0.0765. The van der Waals surface area contributed by atoms with Gasteiger partial charge in [0.2, 0.25) is 0 Å². The molecule has 86 valence electrons. The van der Waals surface area contributed by atoms with Crippen molar-refractivity contribution >= 4 is 0 Å². The average molecular weight is 217 g/mol. The van der Waals surface area contributed by atoms with E-state index in [2.05, 4.69) is 35.2 Å². The van der Waals surface area contributed by atoms with E-state index in [9.17, 15) is 0 Å². The Hall–Kier alpha value is -0.860. The van der Waals surface area contributed by atoms with Gasteiger partial charge in [-0.05, 0) is 37.4 Å². The fourth-order valence-electron chi connectivity index (χ4n) is 2.88. The molecule has 1 aromatic rings. The molecule has 4 rings (SSSR count). The number of hydrogen-bond acceptors (Lipinski definition) is 2. The summed E-state index contributed by atoms with van der Waals surface area (Å²) in [4.78, 5) is 2.54. The molecule has 0 aliphatic carbocycles. The summed E-state index contributed by atoms with van der Waals surface area (Å²) in [6.45, 7) is 4.50. The quantitative estimate of drug-likeness (QED) is 0.770. The molecule has 2 nitrogen and oxygen atoms in total. The molecule has 0 N–H and O–H groups in total. The minimum Gasteiger partial charge on any atom is -0.372 e. The number of rotatable bonds is 3. The van der Waals surface area contributed by atoms with Crippen molar-refractivity contribution in [1.29, 1.82) is 0 Å². The lowest BCUT2D eigenvalue weighted by atomic mass is 9.86. The molecule has 0 spiro atoms. The van der Waals surface area contributed by atoms with Crippen molar-refractivity contribution in [3.63, 3.8) is 0 Å². The van der Waals surface area contributed by atoms with E-state index in [1.807, 2.05) is 0 Å². The van der Waals surface area contributed by atoms with Crippen LogP contribution in [0.25, 0.3) is 0 Å². The van der Waals surface area contributed by atoms with E-state index in [0.29, 0.717) is 6.10 Å². The summed E-state index contributed by atoms with van der Waals surface area (Å²) >= 11 is 0. The van der Waals surface area contributed by atoms with Gasteiger partial charge in [-0.15, -0.1) is 0 Å². The van der Waals surface area contributed by atoms with Crippen LogP contribution in [0.5, 0.6) is 0 Å². The van der Waals surface area contributed by atoms with Gasteiger partial charge < -0.3 is 9.64 Å². The van der Waals surface area contributed by atoms with Crippen LogP contribution in [0.1, 0.15) is 18.4 Å². The predicted octanol–water partition coefficient (Wildman–Crippen LogP) is 2.30. The summed E-state index contributed by atoms with van der Waals surface area (Å²) in [5.41, 5.74) is 1.29. The number of fused-ring (bicyclic) bond motifs is 3. The number of hydrogen-bond donors (Lipinski definition) is 0. The van der Waals surface area contributed by atoms with Crippen molar-refractivity contribution in [1.82, 2.24) is 4.90 Å². The maximum atomic E-state index is 6.06. The summed E-state index contributed by atoms with van der Waals surface area (Å²) in [5, 5.41) is 0. The molecule has 2 bridgehead atoms. The van der Waals surface area contributed by atoms with Gasteiger partial charge in [-0.25, -0.2) is 0 Å². The molecule has 0 radical (unpaired) electrons. The highest BCUT2D eigenvalue weighted by atomic mass is 16.5. The zero-order valence-electron chi connectivity index (χ0n) is 9.64. The second-order valence-electron chi connectivity index (χ2n) is 4.97. The molecule has 16 heavy (non-hydrogen) atoms. The van der Waals surface area contributed by atoms with E-state index in [1.165, 1.54) is 31.5 Å². The molecule has 1 atom stereocenters. The maximum Gasteiger partial charge on any atom is 0.0735 e. The van der Waals surface area contributed by atoms with Gasteiger partial charge in [0.05, 0.1) is 12.7 Å². The van der Waals surface area contributed by atoms with Crippen LogP contribution in [0.2, 0.25) is 0 Å². The molecule has 1 aromatic carbocycles. The van der Waals surface area contributed by atoms with Crippen LogP contribution in [-0.2, 0) is 11.3 Å².